The molecule has 6 nitrogen and oxygen atoms in total. The maximum absolute atomic E-state index is 9.84. The molecule has 1 aromatic rings. The number of ether oxygens (including phenoxy) is 4. The van der Waals surface area contributed by atoms with E-state index < -0.39 is 6.10 Å². The van der Waals surface area contributed by atoms with Gasteiger partial charge in [-0.3, -0.25) is 0 Å². The van der Waals surface area contributed by atoms with Crippen molar-refractivity contribution in [3.63, 3.8) is 0 Å². The number of benzene rings is 1. The molecule has 0 aliphatic carbocycles. The second-order valence-corrected chi connectivity index (χ2v) is 4.61. The molecule has 0 bridgehead atoms. The summed E-state index contributed by atoms with van der Waals surface area (Å²) in [5.74, 6) is 1.47. The Bertz CT molecular complexity index is 371. The lowest BCUT2D eigenvalue weighted by molar-refractivity contribution is 0.0257. The fourth-order valence-corrected chi connectivity index (χ4v) is 1.73. The molecule has 2 N–H and O–H groups in total. The molecule has 0 amide bonds. The van der Waals surface area contributed by atoms with Crippen molar-refractivity contribution in [3.8, 4) is 11.5 Å². The second-order valence-electron chi connectivity index (χ2n) is 4.61. The number of rotatable bonds is 11. The van der Waals surface area contributed by atoms with E-state index in [-0.39, 0.29) is 12.7 Å². The quantitative estimate of drug-likeness (QED) is 0.626. The average molecular weight is 299 g/mol. The third-order valence-corrected chi connectivity index (χ3v) is 2.94. The van der Waals surface area contributed by atoms with Crippen LogP contribution in [0.25, 0.3) is 0 Å². The van der Waals surface area contributed by atoms with Crippen LogP contribution in [-0.4, -0.2) is 64.9 Å². The molecule has 0 saturated heterocycles. The van der Waals surface area contributed by atoms with Gasteiger partial charge in [0.1, 0.15) is 24.2 Å². The van der Waals surface area contributed by atoms with E-state index in [1.54, 1.807) is 33.5 Å². The van der Waals surface area contributed by atoms with Gasteiger partial charge in [-0.1, -0.05) is 0 Å². The largest absolute Gasteiger partial charge is 0.497 e. The van der Waals surface area contributed by atoms with Crippen molar-refractivity contribution in [2.45, 2.75) is 12.2 Å². The van der Waals surface area contributed by atoms with Crippen LogP contribution in [0.15, 0.2) is 24.3 Å². The number of aliphatic hydroxyl groups excluding tert-OH is 1. The number of aliphatic hydroxyl groups is 1. The summed E-state index contributed by atoms with van der Waals surface area (Å²) in [5.41, 5.74) is 0. The average Bonchev–Trinajstić information content (AvgIpc) is 2.52. The van der Waals surface area contributed by atoms with Crippen molar-refractivity contribution in [1.29, 1.82) is 0 Å². The first kappa shape index (κ1) is 17.7. The maximum Gasteiger partial charge on any atom is 0.119 e. The van der Waals surface area contributed by atoms with Crippen LogP contribution in [-0.2, 0) is 9.47 Å². The van der Waals surface area contributed by atoms with Gasteiger partial charge in [-0.15, -0.1) is 0 Å². The van der Waals surface area contributed by atoms with Gasteiger partial charge in [-0.2, -0.15) is 0 Å². The van der Waals surface area contributed by atoms with Crippen LogP contribution in [0, 0.1) is 0 Å². The Hall–Kier alpha value is -1.34. The topological polar surface area (TPSA) is 69.2 Å². The molecule has 0 radical (unpaired) electrons. The van der Waals surface area contributed by atoms with Crippen molar-refractivity contribution in [3.05, 3.63) is 24.3 Å². The highest BCUT2D eigenvalue weighted by Gasteiger charge is 2.09. The zero-order valence-electron chi connectivity index (χ0n) is 12.9. The number of methoxy groups -OCH3 is 3. The molecule has 0 spiro atoms. The zero-order chi connectivity index (χ0) is 15.5. The van der Waals surface area contributed by atoms with Crippen LogP contribution in [0.2, 0.25) is 0 Å². The van der Waals surface area contributed by atoms with Gasteiger partial charge in [0.15, 0.2) is 0 Å². The smallest absolute Gasteiger partial charge is 0.119 e. The van der Waals surface area contributed by atoms with Gasteiger partial charge in [0.25, 0.3) is 0 Å². The van der Waals surface area contributed by atoms with Gasteiger partial charge >= 0.3 is 0 Å². The predicted molar refractivity (Wildman–Crippen MR) is 80.0 cm³/mol. The van der Waals surface area contributed by atoms with Crippen LogP contribution in [0.1, 0.15) is 0 Å². The van der Waals surface area contributed by atoms with Gasteiger partial charge < -0.3 is 29.4 Å². The third kappa shape index (κ3) is 7.29. The van der Waals surface area contributed by atoms with E-state index in [1.165, 1.54) is 0 Å². The highest BCUT2D eigenvalue weighted by atomic mass is 16.5. The van der Waals surface area contributed by atoms with Crippen molar-refractivity contribution in [1.82, 2.24) is 5.32 Å². The Morgan fingerprint density at radius 1 is 1.00 bits per heavy atom. The van der Waals surface area contributed by atoms with Crippen molar-refractivity contribution in [2.75, 3.05) is 47.6 Å². The van der Waals surface area contributed by atoms with Crippen molar-refractivity contribution < 1.29 is 24.1 Å². The molecule has 0 saturated carbocycles. The first-order chi connectivity index (χ1) is 10.2. The lowest BCUT2D eigenvalue weighted by Crippen LogP contribution is -2.38. The lowest BCUT2D eigenvalue weighted by atomic mass is 10.3. The Morgan fingerprint density at radius 2 is 1.67 bits per heavy atom. The van der Waals surface area contributed by atoms with Gasteiger partial charge in [-0.05, 0) is 24.3 Å². The van der Waals surface area contributed by atoms with E-state index in [1.807, 2.05) is 12.1 Å². The molecule has 2 unspecified atom stereocenters. The van der Waals surface area contributed by atoms with Gasteiger partial charge in [-0.25, -0.2) is 0 Å². The third-order valence-electron chi connectivity index (χ3n) is 2.94. The van der Waals surface area contributed by atoms with E-state index in [0.717, 1.165) is 5.75 Å². The van der Waals surface area contributed by atoms with E-state index >= 15 is 0 Å². The van der Waals surface area contributed by atoms with Crippen LogP contribution in [0.5, 0.6) is 11.5 Å². The fraction of sp³-hybridized carbons (Fsp3) is 0.600. The normalized spacial score (nSPS) is 13.7. The molecule has 0 fully saturated rings. The summed E-state index contributed by atoms with van der Waals surface area (Å²) in [6.45, 7) is 1.78. The van der Waals surface area contributed by atoms with E-state index in [0.29, 0.717) is 25.4 Å². The predicted octanol–water partition coefficient (Wildman–Crippen LogP) is 0.686. The van der Waals surface area contributed by atoms with Crippen LogP contribution >= 0.6 is 0 Å². The molecule has 120 valence electrons. The first-order valence-electron chi connectivity index (χ1n) is 6.87. The first-order valence-corrected chi connectivity index (χ1v) is 6.87. The molecule has 1 aromatic carbocycles. The van der Waals surface area contributed by atoms with E-state index in [2.05, 4.69) is 5.32 Å². The summed E-state index contributed by atoms with van der Waals surface area (Å²) < 4.78 is 20.8. The minimum absolute atomic E-state index is 0.0234. The summed E-state index contributed by atoms with van der Waals surface area (Å²) in [4.78, 5) is 0. The lowest BCUT2D eigenvalue weighted by Gasteiger charge is -2.17. The van der Waals surface area contributed by atoms with Gasteiger partial charge in [0.05, 0.1) is 19.8 Å². The standard InChI is InChI=1S/C15H25NO5/c1-18-11-15(20-3)9-16-8-12(17)10-21-14-6-4-13(19-2)5-7-14/h4-7,12,15-17H,8-11H2,1-3H3. The van der Waals surface area contributed by atoms with Gasteiger partial charge in [0, 0.05) is 27.3 Å². The van der Waals surface area contributed by atoms with Crippen LogP contribution in [0.4, 0.5) is 0 Å². The minimum Gasteiger partial charge on any atom is -0.497 e. The molecule has 0 aliphatic heterocycles. The summed E-state index contributed by atoms with van der Waals surface area (Å²) in [7, 11) is 4.88. The summed E-state index contributed by atoms with van der Waals surface area (Å²) in [5, 5.41) is 13.0. The fourth-order valence-electron chi connectivity index (χ4n) is 1.73. The van der Waals surface area contributed by atoms with Crippen LogP contribution < -0.4 is 14.8 Å². The van der Waals surface area contributed by atoms with Gasteiger partial charge in [0.2, 0.25) is 0 Å². The number of nitrogens with one attached hydrogen (secondary N) is 1. The Morgan fingerprint density at radius 3 is 2.24 bits per heavy atom. The SMILES string of the molecule is COCC(CNCC(O)COc1ccc(OC)cc1)OC. The molecule has 2 atom stereocenters. The minimum atomic E-state index is -0.591. The highest BCUT2D eigenvalue weighted by molar-refractivity contribution is 5.31. The Balaban J connectivity index is 2.19. The Labute approximate surface area is 126 Å². The van der Waals surface area contributed by atoms with Crippen molar-refractivity contribution in [2.24, 2.45) is 0 Å². The molecule has 0 aliphatic rings. The molecule has 6 heteroatoms. The second kappa shape index (κ2) is 10.4. The molecule has 0 heterocycles. The highest BCUT2D eigenvalue weighted by Crippen LogP contribution is 2.16. The Kier molecular flexibility index (Phi) is 8.77. The van der Waals surface area contributed by atoms with E-state index in [4.69, 9.17) is 18.9 Å². The summed E-state index contributed by atoms with van der Waals surface area (Å²) in [6, 6.07) is 7.23. The van der Waals surface area contributed by atoms with E-state index in [9.17, 15) is 5.11 Å². The maximum atomic E-state index is 9.84. The van der Waals surface area contributed by atoms with Crippen LogP contribution in [0.3, 0.4) is 0 Å². The molecular formula is C15H25NO5. The zero-order valence-corrected chi connectivity index (χ0v) is 12.9. The van der Waals surface area contributed by atoms with Crippen molar-refractivity contribution >= 4 is 0 Å². The molecular weight excluding hydrogens is 274 g/mol. The number of hydrogen-bond acceptors (Lipinski definition) is 6. The summed E-state index contributed by atoms with van der Waals surface area (Å²) >= 11 is 0. The number of hydrogen-bond donors (Lipinski definition) is 2. The summed E-state index contributed by atoms with van der Waals surface area (Å²) in [6.07, 6.45) is -0.614. The molecule has 0 aromatic heterocycles. The molecule has 1 rings (SSSR count). The molecule has 21 heavy (non-hydrogen) atoms. The monoisotopic (exact) mass is 299 g/mol.